The molecule has 3 aromatic carbocycles. The summed E-state index contributed by atoms with van der Waals surface area (Å²) in [5.74, 6) is 2.33. The molecule has 2 heterocycles. The monoisotopic (exact) mass is 455 g/mol. The molecule has 5 rings (SSSR count). The average Bonchev–Trinajstić information content (AvgIpc) is 2.89. The first kappa shape index (κ1) is 22.1. The molecule has 3 aromatic rings. The molecule has 0 atom stereocenters. The molecule has 174 valence electrons. The number of methoxy groups -OCH3 is 2. The van der Waals surface area contributed by atoms with E-state index in [2.05, 4.69) is 54.6 Å². The van der Waals surface area contributed by atoms with Crippen LogP contribution in [0.1, 0.15) is 24.0 Å². The molecule has 5 nitrogen and oxygen atoms in total. The van der Waals surface area contributed by atoms with Crippen LogP contribution in [0.25, 0.3) is 17.2 Å². The van der Waals surface area contributed by atoms with Crippen molar-refractivity contribution in [2.24, 2.45) is 0 Å². The number of nitrogens with zero attached hydrogens (tertiary/aromatic N) is 1. The predicted molar refractivity (Wildman–Crippen MR) is 133 cm³/mol. The molecular formula is C29H29NO4. The number of hydrogen-bond donors (Lipinski definition) is 0. The van der Waals surface area contributed by atoms with Gasteiger partial charge in [0, 0.05) is 31.5 Å². The largest absolute Gasteiger partial charge is 0.493 e. The van der Waals surface area contributed by atoms with Crippen molar-refractivity contribution in [3.05, 3.63) is 83.9 Å². The fraction of sp³-hybridized carbons (Fsp3) is 0.276. The highest BCUT2D eigenvalue weighted by Gasteiger charge is 2.37. The first-order chi connectivity index (χ1) is 16.6. The molecule has 0 unspecified atom stereocenters. The lowest BCUT2D eigenvalue weighted by molar-refractivity contribution is -0.133. The van der Waals surface area contributed by atoms with E-state index in [1.165, 1.54) is 11.1 Å². The van der Waals surface area contributed by atoms with Gasteiger partial charge in [-0.15, -0.1) is 0 Å². The van der Waals surface area contributed by atoms with Crippen LogP contribution in [-0.4, -0.2) is 43.7 Å². The second-order valence-corrected chi connectivity index (χ2v) is 8.87. The summed E-state index contributed by atoms with van der Waals surface area (Å²) < 4.78 is 17.2. The molecule has 1 fully saturated rings. The maximum atomic E-state index is 13.0. The third-order valence-electron chi connectivity index (χ3n) is 6.76. The van der Waals surface area contributed by atoms with Crippen LogP contribution in [0, 0.1) is 0 Å². The lowest BCUT2D eigenvalue weighted by Gasteiger charge is -2.42. The summed E-state index contributed by atoms with van der Waals surface area (Å²) in [4.78, 5) is 14.9. The van der Waals surface area contributed by atoms with Crippen LogP contribution in [0.3, 0.4) is 0 Å². The minimum Gasteiger partial charge on any atom is -0.493 e. The Bertz CT molecular complexity index is 1210. The van der Waals surface area contributed by atoms with Gasteiger partial charge in [0.05, 0.1) is 20.6 Å². The lowest BCUT2D eigenvalue weighted by Crippen LogP contribution is -2.49. The van der Waals surface area contributed by atoms with E-state index in [1.807, 2.05) is 29.2 Å². The van der Waals surface area contributed by atoms with Crippen LogP contribution < -0.4 is 14.2 Å². The summed E-state index contributed by atoms with van der Waals surface area (Å²) in [5.41, 5.74) is 4.04. The Labute approximate surface area is 200 Å². The van der Waals surface area contributed by atoms with Gasteiger partial charge in [-0.2, -0.15) is 0 Å². The van der Waals surface area contributed by atoms with Crippen molar-refractivity contribution in [3.63, 3.8) is 0 Å². The van der Waals surface area contributed by atoms with Gasteiger partial charge < -0.3 is 19.1 Å². The molecule has 1 saturated heterocycles. The maximum absolute atomic E-state index is 13.0. The molecule has 34 heavy (non-hydrogen) atoms. The van der Waals surface area contributed by atoms with E-state index >= 15 is 0 Å². The molecule has 1 amide bonds. The lowest BCUT2D eigenvalue weighted by atomic mass is 9.87. The van der Waals surface area contributed by atoms with Crippen molar-refractivity contribution >= 4 is 12.0 Å². The highest BCUT2D eigenvalue weighted by atomic mass is 16.5. The number of likely N-dealkylation sites (tertiary alicyclic amines) is 1. The third kappa shape index (κ3) is 4.38. The number of ether oxygens (including phenoxy) is 3. The van der Waals surface area contributed by atoms with E-state index in [-0.39, 0.29) is 11.5 Å². The van der Waals surface area contributed by atoms with Crippen molar-refractivity contribution in [2.75, 3.05) is 27.3 Å². The van der Waals surface area contributed by atoms with Crippen molar-refractivity contribution in [3.8, 4) is 28.4 Å². The average molecular weight is 456 g/mol. The van der Waals surface area contributed by atoms with Gasteiger partial charge in [-0.1, -0.05) is 48.5 Å². The number of rotatable bonds is 5. The number of piperidine rings is 1. The van der Waals surface area contributed by atoms with E-state index in [9.17, 15) is 4.79 Å². The minimum absolute atomic E-state index is 0.120. The minimum atomic E-state index is -0.346. The molecule has 5 heteroatoms. The van der Waals surface area contributed by atoms with E-state index in [4.69, 9.17) is 14.2 Å². The Balaban J connectivity index is 1.23. The van der Waals surface area contributed by atoms with E-state index in [0.717, 1.165) is 29.7 Å². The fourth-order valence-electron chi connectivity index (χ4n) is 4.76. The van der Waals surface area contributed by atoms with Gasteiger partial charge in [0.15, 0.2) is 11.5 Å². The van der Waals surface area contributed by atoms with Gasteiger partial charge in [-0.25, -0.2) is 0 Å². The van der Waals surface area contributed by atoms with Gasteiger partial charge in [0.2, 0.25) is 5.91 Å². The van der Waals surface area contributed by atoms with Crippen molar-refractivity contribution in [2.45, 2.75) is 24.9 Å². The van der Waals surface area contributed by atoms with Crippen LogP contribution in [0.15, 0.2) is 72.8 Å². The predicted octanol–water partition coefficient (Wildman–Crippen LogP) is 5.38. The molecule has 0 aromatic heterocycles. The molecule has 0 aliphatic carbocycles. The molecule has 2 aliphatic heterocycles. The number of amides is 1. The number of hydrogen-bond acceptors (Lipinski definition) is 4. The number of carbonyl (C=O) groups excluding carboxylic acids is 1. The van der Waals surface area contributed by atoms with Crippen LogP contribution in [-0.2, 0) is 11.2 Å². The Hall–Kier alpha value is -3.73. The summed E-state index contributed by atoms with van der Waals surface area (Å²) in [7, 11) is 3.21. The zero-order valence-electron chi connectivity index (χ0n) is 19.6. The van der Waals surface area contributed by atoms with Gasteiger partial charge in [-0.05, 0) is 47.0 Å². The topological polar surface area (TPSA) is 48.0 Å². The molecule has 0 saturated carbocycles. The number of fused-ring (bicyclic) bond motifs is 1. The SMILES string of the molecule is COc1ccc(CC(=O)N2CCC3(C=Cc4cc(-c5ccccc5)ccc4O3)CC2)cc1OC. The smallest absolute Gasteiger partial charge is 0.226 e. The quantitative estimate of drug-likeness (QED) is 0.518. The Morgan fingerprint density at radius 1 is 0.912 bits per heavy atom. The highest BCUT2D eigenvalue weighted by Crippen LogP contribution is 2.39. The standard InChI is InChI=1S/C29H29NO4/c1-32-26-10-8-21(18-27(26)33-2)19-28(31)30-16-14-29(15-17-30)13-12-24-20-23(9-11-25(24)34-29)22-6-4-3-5-7-22/h3-13,18,20H,14-17,19H2,1-2H3. The van der Waals surface area contributed by atoms with Crippen molar-refractivity contribution in [1.29, 1.82) is 0 Å². The summed E-state index contributed by atoms with van der Waals surface area (Å²) in [6, 6.07) is 22.3. The number of carbonyl (C=O) groups is 1. The summed E-state index contributed by atoms with van der Waals surface area (Å²) in [6.45, 7) is 1.35. The molecule has 0 N–H and O–H groups in total. The normalized spacial score (nSPS) is 16.0. The van der Waals surface area contributed by atoms with Crippen LogP contribution in [0.4, 0.5) is 0 Å². The molecule has 0 radical (unpaired) electrons. The highest BCUT2D eigenvalue weighted by molar-refractivity contribution is 5.79. The van der Waals surface area contributed by atoms with E-state index in [1.54, 1.807) is 14.2 Å². The van der Waals surface area contributed by atoms with Gasteiger partial charge >= 0.3 is 0 Å². The summed E-state index contributed by atoms with van der Waals surface area (Å²) >= 11 is 0. The summed E-state index contributed by atoms with van der Waals surface area (Å²) in [6.07, 6.45) is 6.25. The first-order valence-electron chi connectivity index (χ1n) is 11.7. The Morgan fingerprint density at radius 2 is 1.68 bits per heavy atom. The van der Waals surface area contributed by atoms with Gasteiger partial charge in [0.25, 0.3) is 0 Å². The number of benzene rings is 3. The van der Waals surface area contributed by atoms with Crippen LogP contribution >= 0.6 is 0 Å². The summed E-state index contributed by atoms with van der Waals surface area (Å²) in [5, 5.41) is 0. The van der Waals surface area contributed by atoms with E-state index < -0.39 is 0 Å². The Morgan fingerprint density at radius 3 is 2.41 bits per heavy atom. The van der Waals surface area contributed by atoms with Crippen LogP contribution in [0.5, 0.6) is 17.2 Å². The maximum Gasteiger partial charge on any atom is 0.226 e. The third-order valence-corrected chi connectivity index (χ3v) is 6.76. The second-order valence-electron chi connectivity index (χ2n) is 8.87. The van der Waals surface area contributed by atoms with Crippen molar-refractivity contribution in [1.82, 2.24) is 4.90 Å². The second kappa shape index (κ2) is 9.26. The van der Waals surface area contributed by atoms with Gasteiger partial charge in [0.1, 0.15) is 11.4 Å². The zero-order chi connectivity index (χ0) is 23.5. The molecule has 2 aliphatic rings. The van der Waals surface area contributed by atoms with Crippen molar-refractivity contribution < 1.29 is 19.0 Å². The van der Waals surface area contributed by atoms with E-state index in [0.29, 0.717) is 31.0 Å². The molecule has 1 spiro atoms. The molecule has 0 bridgehead atoms. The Kier molecular flexibility index (Phi) is 6.01. The molecular weight excluding hydrogens is 426 g/mol. The first-order valence-corrected chi connectivity index (χ1v) is 11.7. The zero-order valence-corrected chi connectivity index (χ0v) is 19.6. The van der Waals surface area contributed by atoms with Crippen LogP contribution in [0.2, 0.25) is 0 Å². The van der Waals surface area contributed by atoms with Gasteiger partial charge in [-0.3, -0.25) is 4.79 Å². The fourth-order valence-corrected chi connectivity index (χ4v) is 4.76.